The van der Waals surface area contributed by atoms with Crippen molar-refractivity contribution in [2.24, 2.45) is 0 Å². The van der Waals surface area contributed by atoms with E-state index in [9.17, 15) is 4.79 Å². The van der Waals surface area contributed by atoms with Crippen LogP contribution < -0.4 is 15.0 Å². The van der Waals surface area contributed by atoms with Crippen LogP contribution in [0.25, 0.3) is 10.8 Å². The summed E-state index contributed by atoms with van der Waals surface area (Å²) in [6, 6.07) is 14.0. The molecular formula is C20H19N3O3. The fourth-order valence-electron chi connectivity index (χ4n) is 3.89. The molecule has 0 radical (unpaired) electrons. The van der Waals surface area contributed by atoms with Crippen LogP contribution in [0.1, 0.15) is 24.4 Å². The first-order valence-corrected chi connectivity index (χ1v) is 8.88. The van der Waals surface area contributed by atoms with E-state index >= 15 is 0 Å². The van der Waals surface area contributed by atoms with Gasteiger partial charge in [-0.05, 0) is 36.6 Å². The lowest BCUT2D eigenvalue weighted by molar-refractivity contribution is 0.173. The lowest BCUT2D eigenvalue weighted by Gasteiger charge is -2.25. The Morgan fingerprint density at radius 1 is 1.12 bits per heavy atom. The lowest BCUT2D eigenvalue weighted by atomic mass is 10.0. The molecule has 0 spiro atoms. The number of ether oxygens (including phenoxy) is 2. The summed E-state index contributed by atoms with van der Waals surface area (Å²) >= 11 is 0. The van der Waals surface area contributed by atoms with Crippen LogP contribution in [0.4, 0.5) is 0 Å². The Bertz CT molecular complexity index is 1030. The molecule has 1 saturated heterocycles. The minimum absolute atomic E-state index is 0.0422. The number of rotatable bonds is 3. The van der Waals surface area contributed by atoms with Gasteiger partial charge in [0.15, 0.2) is 11.5 Å². The minimum Gasteiger partial charge on any atom is -0.454 e. The Balaban J connectivity index is 1.45. The topological polar surface area (TPSA) is 56.6 Å². The molecule has 0 aliphatic carbocycles. The average molecular weight is 349 g/mol. The van der Waals surface area contributed by atoms with Gasteiger partial charge in [-0.15, -0.1) is 0 Å². The van der Waals surface area contributed by atoms with E-state index < -0.39 is 0 Å². The van der Waals surface area contributed by atoms with Crippen molar-refractivity contribution in [3.8, 4) is 11.5 Å². The summed E-state index contributed by atoms with van der Waals surface area (Å²) in [5, 5.41) is 5.96. The summed E-state index contributed by atoms with van der Waals surface area (Å²) in [6.07, 6.45) is 3.92. The molecule has 1 atom stereocenters. The largest absolute Gasteiger partial charge is 0.454 e. The Kier molecular flexibility index (Phi) is 3.64. The van der Waals surface area contributed by atoms with Crippen LogP contribution in [-0.4, -0.2) is 28.0 Å². The van der Waals surface area contributed by atoms with Crippen molar-refractivity contribution in [3.05, 3.63) is 64.6 Å². The van der Waals surface area contributed by atoms with Crippen molar-refractivity contribution >= 4 is 10.8 Å². The van der Waals surface area contributed by atoms with Crippen molar-refractivity contribution in [3.63, 3.8) is 0 Å². The molecule has 2 aliphatic rings. The maximum absolute atomic E-state index is 12.8. The molecule has 6 heteroatoms. The molecule has 5 rings (SSSR count). The number of fused-ring (bicyclic) bond motifs is 2. The van der Waals surface area contributed by atoms with Gasteiger partial charge in [-0.25, -0.2) is 4.68 Å². The van der Waals surface area contributed by atoms with Gasteiger partial charge in [-0.3, -0.25) is 9.69 Å². The summed E-state index contributed by atoms with van der Waals surface area (Å²) in [4.78, 5) is 15.1. The van der Waals surface area contributed by atoms with Crippen molar-refractivity contribution < 1.29 is 9.47 Å². The van der Waals surface area contributed by atoms with Gasteiger partial charge < -0.3 is 9.47 Å². The summed E-state index contributed by atoms with van der Waals surface area (Å²) < 4.78 is 12.5. The van der Waals surface area contributed by atoms with Crippen LogP contribution in [-0.2, 0) is 6.67 Å². The zero-order valence-corrected chi connectivity index (χ0v) is 14.3. The van der Waals surface area contributed by atoms with E-state index in [2.05, 4.69) is 22.1 Å². The van der Waals surface area contributed by atoms with Crippen LogP contribution in [0.2, 0.25) is 0 Å². The number of likely N-dealkylation sites (tertiary alicyclic amines) is 1. The van der Waals surface area contributed by atoms with E-state index in [1.165, 1.54) is 5.56 Å². The zero-order valence-electron chi connectivity index (χ0n) is 14.3. The Hall–Kier alpha value is -2.86. The minimum atomic E-state index is -0.0422. The Morgan fingerprint density at radius 2 is 2.00 bits per heavy atom. The number of nitrogens with zero attached hydrogens (tertiary/aromatic N) is 3. The summed E-state index contributed by atoms with van der Waals surface area (Å²) in [5.41, 5.74) is 1.15. The van der Waals surface area contributed by atoms with Gasteiger partial charge in [0.1, 0.15) is 0 Å². The van der Waals surface area contributed by atoms with E-state index in [0.717, 1.165) is 36.3 Å². The average Bonchev–Trinajstić information content (AvgIpc) is 3.32. The number of aromatic nitrogens is 2. The molecule has 26 heavy (non-hydrogen) atoms. The fraction of sp³-hybridized carbons (Fsp3) is 0.300. The van der Waals surface area contributed by atoms with Gasteiger partial charge in [-0.2, -0.15) is 5.10 Å². The zero-order chi connectivity index (χ0) is 17.5. The van der Waals surface area contributed by atoms with Crippen LogP contribution >= 0.6 is 0 Å². The Labute approximate surface area is 150 Å². The first-order chi connectivity index (χ1) is 12.8. The van der Waals surface area contributed by atoms with Crippen molar-refractivity contribution in [1.29, 1.82) is 0 Å². The molecule has 0 amide bonds. The first kappa shape index (κ1) is 15.4. The maximum Gasteiger partial charge on any atom is 0.275 e. The highest BCUT2D eigenvalue weighted by Crippen LogP contribution is 2.38. The van der Waals surface area contributed by atoms with Crippen LogP contribution in [0.3, 0.4) is 0 Å². The van der Waals surface area contributed by atoms with E-state index in [1.54, 1.807) is 10.9 Å². The third-order valence-electron chi connectivity index (χ3n) is 5.22. The summed E-state index contributed by atoms with van der Waals surface area (Å²) in [6.45, 7) is 1.71. The predicted molar refractivity (Wildman–Crippen MR) is 97.2 cm³/mol. The molecule has 6 nitrogen and oxygen atoms in total. The van der Waals surface area contributed by atoms with Gasteiger partial charge >= 0.3 is 0 Å². The highest BCUT2D eigenvalue weighted by molar-refractivity contribution is 5.80. The van der Waals surface area contributed by atoms with Crippen LogP contribution in [0, 0.1) is 0 Å². The Morgan fingerprint density at radius 3 is 2.96 bits per heavy atom. The third kappa shape index (κ3) is 2.54. The molecule has 3 heterocycles. The second-order valence-corrected chi connectivity index (χ2v) is 6.76. The smallest absolute Gasteiger partial charge is 0.275 e. The van der Waals surface area contributed by atoms with Crippen molar-refractivity contribution in [1.82, 2.24) is 14.7 Å². The van der Waals surface area contributed by atoms with Gasteiger partial charge in [-0.1, -0.05) is 24.3 Å². The van der Waals surface area contributed by atoms with Gasteiger partial charge in [0.05, 0.1) is 18.3 Å². The molecule has 0 saturated carbocycles. The quantitative estimate of drug-likeness (QED) is 0.728. The van der Waals surface area contributed by atoms with Crippen LogP contribution in [0.15, 0.2) is 53.5 Å². The molecule has 0 unspecified atom stereocenters. The van der Waals surface area contributed by atoms with E-state index in [-0.39, 0.29) is 18.4 Å². The SMILES string of the molecule is O=c1c2ccccc2cnn1CN1CCC[C@H]1c1ccc2c(c1)OCO2. The van der Waals surface area contributed by atoms with Gasteiger partial charge in [0.2, 0.25) is 6.79 Å². The second kappa shape index (κ2) is 6.14. The molecule has 3 aromatic rings. The van der Waals surface area contributed by atoms with Crippen LogP contribution in [0.5, 0.6) is 11.5 Å². The van der Waals surface area contributed by atoms with E-state index in [0.29, 0.717) is 12.1 Å². The van der Waals surface area contributed by atoms with Crippen molar-refractivity contribution in [2.45, 2.75) is 25.6 Å². The standard InChI is InChI=1S/C20H19N3O3/c24-20-16-5-2-1-4-15(16)11-21-23(20)12-22-9-3-6-17(22)14-7-8-18-19(10-14)26-13-25-18/h1-2,4-5,7-8,10-11,17H,3,6,9,12-13H2/t17-/m0/s1. The molecule has 0 N–H and O–H groups in total. The molecule has 1 fully saturated rings. The maximum atomic E-state index is 12.8. The molecule has 0 bridgehead atoms. The third-order valence-corrected chi connectivity index (χ3v) is 5.22. The molecule has 2 aliphatic heterocycles. The summed E-state index contributed by atoms with van der Waals surface area (Å²) in [5.74, 6) is 1.60. The van der Waals surface area contributed by atoms with E-state index in [1.807, 2.05) is 30.3 Å². The van der Waals surface area contributed by atoms with Gasteiger partial charge in [0.25, 0.3) is 5.56 Å². The van der Waals surface area contributed by atoms with Gasteiger partial charge in [0, 0.05) is 18.0 Å². The molecule has 132 valence electrons. The monoisotopic (exact) mass is 349 g/mol. The molecule has 1 aromatic heterocycles. The lowest BCUT2D eigenvalue weighted by Crippen LogP contribution is -2.33. The second-order valence-electron chi connectivity index (χ2n) is 6.76. The molecular weight excluding hydrogens is 330 g/mol. The highest BCUT2D eigenvalue weighted by Gasteiger charge is 2.28. The number of benzene rings is 2. The fourth-order valence-corrected chi connectivity index (χ4v) is 3.89. The number of hydrogen-bond donors (Lipinski definition) is 0. The summed E-state index contributed by atoms with van der Waals surface area (Å²) in [7, 11) is 0. The molecule has 2 aromatic carbocycles. The number of hydrogen-bond acceptors (Lipinski definition) is 5. The first-order valence-electron chi connectivity index (χ1n) is 8.88. The van der Waals surface area contributed by atoms with Crippen molar-refractivity contribution in [2.75, 3.05) is 13.3 Å². The van der Waals surface area contributed by atoms with E-state index in [4.69, 9.17) is 9.47 Å². The normalized spacial score (nSPS) is 19.3. The predicted octanol–water partition coefficient (Wildman–Crippen LogP) is 2.92. The highest BCUT2D eigenvalue weighted by atomic mass is 16.7.